The van der Waals surface area contributed by atoms with Crippen LogP contribution in [0.15, 0.2) is 24.3 Å². The van der Waals surface area contributed by atoms with Gasteiger partial charge in [-0.15, -0.1) is 17.5 Å². The van der Waals surface area contributed by atoms with E-state index in [0.29, 0.717) is 13.0 Å². The van der Waals surface area contributed by atoms with Gasteiger partial charge in [0.05, 0.1) is 0 Å². The van der Waals surface area contributed by atoms with Gasteiger partial charge in [0.15, 0.2) is 0 Å². The molecule has 0 N–H and O–H groups in total. The minimum Gasteiger partial charge on any atom is -0.481 e. The van der Waals surface area contributed by atoms with Gasteiger partial charge in [-0.3, -0.25) is 4.79 Å². The third-order valence-corrected chi connectivity index (χ3v) is 3.80. The predicted octanol–water partition coefficient (Wildman–Crippen LogP) is 3.21. The Bertz CT molecular complexity index is 640. The van der Waals surface area contributed by atoms with Crippen LogP contribution < -0.4 is 4.74 Å². The zero-order valence-corrected chi connectivity index (χ0v) is 13.2. The van der Waals surface area contributed by atoms with Crippen LogP contribution >= 0.6 is 11.6 Å². The molecule has 0 saturated heterocycles. The number of carbonyl (C=O) groups is 1. The Morgan fingerprint density at radius 2 is 2.24 bits per heavy atom. The number of ether oxygens (including phenoxy) is 1. The molecule has 1 unspecified atom stereocenters. The number of carbonyl (C=O) groups excluding carboxylic acids is 1. The number of amides is 1. The van der Waals surface area contributed by atoms with Gasteiger partial charge in [0.1, 0.15) is 17.7 Å². The van der Waals surface area contributed by atoms with Crippen LogP contribution in [0.1, 0.15) is 24.5 Å². The lowest BCUT2D eigenvalue weighted by atomic mass is 10.0. The van der Waals surface area contributed by atoms with Gasteiger partial charge >= 0.3 is 0 Å². The maximum Gasteiger partial charge on any atom is 0.245 e. The standard InChI is InChI=1S/C17H18ClNO2/c1-4-5-10-21-13-6-7-14(12(2)11-13)16-9-8-15(18)17(20)19(16)3/h6-7,9,11,15H,8,10H2,1-3H3. The molecule has 0 saturated carbocycles. The van der Waals surface area contributed by atoms with Gasteiger partial charge in [-0.05, 0) is 44.0 Å². The Hall–Kier alpha value is -1.92. The van der Waals surface area contributed by atoms with Crippen LogP contribution in [-0.4, -0.2) is 29.8 Å². The van der Waals surface area contributed by atoms with Crippen LogP contribution in [0.5, 0.6) is 5.75 Å². The van der Waals surface area contributed by atoms with Gasteiger partial charge in [0, 0.05) is 18.3 Å². The Morgan fingerprint density at radius 1 is 1.48 bits per heavy atom. The van der Waals surface area contributed by atoms with Crippen molar-refractivity contribution < 1.29 is 9.53 Å². The molecule has 1 aromatic rings. The van der Waals surface area contributed by atoms with Gasteiger partial charge in [0.25, 0.3) is 0 Å². The van der Waals surface area contributed by atoms with Crippen molar-refractivity contribution in [1.82, 2.24) is 4.90 Å². The largest absolute Gasteiger partial charge is 0.481 e. The Kier molecular flexibility index (Phi) is 4.93. The lowest BCUT2D eigenvalue weighted by Crippen LogP contribution is -2.35. The highest BCUT2D eigenvalue weighted by Crippen LogP contribution is 2.30. The molecule has 0 radical (unpaired) electrons. The number of halogens is 1. The number of nitrogens with zero attached hydrogens (tertiary/aromatic N) is 1. The fourth-order valence-corrected chi connectivity index (χ4v) is 2.51. The first-order valence-corrected chi connectivity index (χ1v) is 7.23. The molecular formula is C17H18ClNO2. The maximum absolute atomic E-state index is 12.0. The summed E-state index contributed by atoms with van der Waals surface area (Å²) < 4.78 is 5.54. The van der Waals surface area contributed by atoms with E-state index in [-0.39, 0.29) is 5.91 Å². The molecule has 0 bridgehead atoms. The lowest BCUT2D eigenvalue weighted by Gasteiger charge is -2.28. The fraction of sp³-hybridized carbons (Fsp3) is 0.353. The Morgan fingerprint density at radius 3 is 2.90 bits per heavy atom. The second-order valence-electron chi connectivity index (χ2n) is 4.88. The summed E-state index contributed by atoms with van der Waals surface area (Å²) in [5.74, 6) is 6.36. The van der Waals surface area contributed by atoms with Crippen molar-refractivity contribution in [3.8, 4) is 17.6 Å². The topological polar surface area (TPSA) is 29.5 Å². The molecule has 4 heteroatoms. The van der Waals surface area contributed by atoms with Crippen molar-refractivity contribution in [3.05, 3.63) is 35.4 Å². The average Bonchev–Trinajstić information content (AvgIpc) is 2.46. The summed E-state index contributed by atoms with van der Waals surface area (Å²) in [7, 11) is 1.75. The van der Waals surface area contributed by atoms with Gasteiger partial charge in [-0.25, -0.2) is 0 Å². The van der Waals surface area contributed by atoms with Crippen LogP contribution in [-0.2, 0) is 4.79 Å². The van der Waals surface area contributed by atoms with E-state index in [2.05, 4.69) is 11.8 Å². The summed E-state index contributed by atoms with van der Waals surface area (Å²) in [6, 6.07) is 5.82. The van der Waals surface area contributed by atoms with E-state index in [0.717, 1.165) is 22.6 Å². The minimum absolute atomic E-state index is 0.0629. The highest BCUT2D eigenvalue weighted by molar-refractivity contribution is 6.31. The first-order chi connectivity index (χ1) is 10.0. The molecule has 0 aliphatic carbocycles. The fourth-order valence-electron chi connectivity index (χ4n) is 2.28. The summed E-state index contributed by atoms with van der Waals surface area (Å²) in [6.45, 7) is 4.16. The van der Waals surface area contributed by atoms with Gasteiger partial charge in [-0.1, -0.05) is 12.0 Å². The zero-order chi connectivity index (χ0) is 15.4. The lowest BCUT2D eigenvalue weighted by molar-refractivity contribution is -0.126. The van der Waals surface area contributed by atoms with Gasteiger partial charge in [0.2, 0.25) is 5.91 Å². The number of aryl methyl sites for hydroxylation is 1. The SMILES string of the molecule is CC#CCOc1ccc(C2=CCC(Cl)C(=O)N2C)c(C)c1. The molecule has 0 aromatic heterocycles. The van der Waals surface area contributed by atoms with E-state index in [4.69, 9.17) is 16.3 Å². The highest BCUT2D eigenvalue weighted by Gasteiger charge is 2.27. The van der Waals surface area contributed by atoms with Crippen LogP contribution in [0.3, 0.4) is 0 Å². The molecule has 0 spiro atoms. The summed E-state index contributed by atoms with van der Waals surface area (Å²) in [4.78, 5) is 13.6. The van der Waals surface area contributed by atoms with Crippen molar-refractivity contribution in [3.63, 3.8) is 0 Å². The molecule has 21 heavy (non-hydrogen) atoms. The van der Waals surface area contributed by atoms with Gasteiger partial charge in [-0.2, -0.15) is 0 Å². The van der Waals surface area contributed by atoms with E-state index < -0.39 is 5.38 Å². The van der Waals surface area contributed by atoms with Crippen molar-refractivity contribution in [2.75, 3.05) is 13.7 Å². The van der Waals surface area contributed by atoms with E-state index in [1.807, 2.05) is 31.2 Å². The maximum atomic E-state index is 12.0. The molecule has 1 amide bonds. The van der Waals surface area contributed by atoms with Crippen molar-refractivity contribution in [2.24, 2.45) is 0 Å². The van der Waals surface area contributed by atoms with E-state index >= 15 is 0 Å². The number of rotatable bonds is 3. The summed E-state index contributed by atoms with van der Waals surface area (Å²) >= 11 is 5.98. The van der Waals surface area contributed by atoms with Crippen molar-refractivity contribution in [2.45, 2.75) is 25.6 Å². The number of hydrogen-bond acceptors (Lipinski definition) is 2. The number of alkyl halides is 1. The molecule has 3 nitrogen and oxygen atoms in total. The molecule has 0 fully saturated rings. The molecule has 2 rings (SSSR count). The first-order valence-electron chi connectivity index (χ1n) is 6.80. The molecule has 1 heterocycles. The minimum atomic E-state index is -0.464. The summed E-state index contributed by atoms with van der Waals surface area (Å²) in [6.07, 6.45) is 2.56. The second-order valence-corrected chi connectivity index (χ2v) is 5.41. The van der Waals surface area contributed by atoms with Crippen LogP contribution in [0.25, 0.3) is 5.70 Å². The van der Waals surface area contributed by atoms with E-state index in [9.17, 15) is 4.79 Å². The van der Waals surface area contributed by atoms with E-state index in [1.54, 1.807) is 18.9 Å². The first kappa shape index (κ1) is 15.5. The zero-order valence-electron chi connectivity index (χ0n) is 12.4. The average molecular weight is 304 g/mol. The molecular weight excluding hydrogens is 286 g/mol. The van der Waals surface area contributed by atoms with Gasteiger partial charge < -0.3 is 9.64 Å². The second kappa shape index (κ2) is 6.69. The molecule has 1 atom stereocenters. The third kappa shape index (κ3) is 3.40. The smallest absolute Gasteiger partial charge is 0.245 e. The summed E-state index contributed by atoms with van der Waals surface area (Å²) in [5.41, 5.74) is 2.97. The van der Waals surface area contributed by atoms with Crippen molar-refractivity contribution >= 4 is 23.2 Å². The van der Waals surface area contributed by atoms with Crippen molar-refractivity contribution in [1.29, 1.82) is 0 Å². The van der Waals surface area contributed by atoms with E-state index in [1.165, 1.54) is 0 Å². The predicted molar refractivity (Wildman–Crippen MR) is 85.1 cm³/mol. The Balaban J connectivity index is 2.24. The monoisotopic (exact) mass is 303 g/mol. The third-order valence-electron chi connectivity index (χ3n) is 3.44. The number of benzene rings is 1. The van der Waals surface area contributed by atoms with Crippen LogP contribution in [0.2, 0.25) is 0 Å². The van der Waals surface area contributed by atoms with Crippen LogP contribution in [0, 0.1) is 18.8 Å². The summed E-state index contributed by atoms with van der Waals surface area (Å²) in [5, 5.41) is -0.464. The quantitative estimate of drug-likeness (QED) is 0.634. The van der Waals surface area contributed by atoms with Crippen LogP contribution in [0.4, 0.5) is 0 Å². The Labute approximate surface area is 130 Å². The normalized spacial score (nSPS) is 17.9. The molecule has 110 valence electrons. The molecule has 1 aromatic carbocycles. The number of hydrogen-bond donors (Lipinski definition) is 0. The highest BCUT2D eigenvalue weighted by atomic mass is 35.5. The molecule has 1 aliphatic heterocycles. The number of allylic oxidation sites excluding steroid dienone is 1. The molecule has 1 aliphatic rings.